The molecule has 0 spiro atoms. The van der Waals surface area contributed by atoms with Crippen LogP contribution in [0.25, 0.3) is 0 Å². The van der Waals surface area contributed by atoms with Crippen LogP contribution in [0.4, 0.5) is 0 Å². The van der Waals surface area contributed by atoms with Crippen molar-refractivity contribution in [3.8, 4) is 0 Å². The van der Waals surface area contributed by atoms with Gasteiger partial charge in [-0.3, -0.25) is 0 Å². The lowest BCUT2D eigenvalue weighted by atomic mass is 10.2. The molecular formula is C11H17ClN2O2S. The van der Waals surface area contributed by atoms with Crippen LogP contribution in [0.15, 0.2) is 23.2 Å². The van der Waals surface area contributed by atoms with Crippen molar-refractivity contribution in [1.82, 2.24) is 9.71 Å². The summed E-state index contributed by atoms with van der Waals surface area (Å²) in [7, 11) is -3.44. The fourth-order valence-corrected chi connectivity index (χ4v) is 2.72. The normalized spacial score (nSPS) is 11.6. The molecule has 0 unspecified atom stereocenters. The van der Waals surface area contributed by atoms with Crippen molar-refractivity contribution < 1.29 is 8.42 Å². The average molecular weight is 277 g/mol. The molecule has 0 aliphatic carbocycles. The van der Waals surface area contributed by atoms with Crippen molar-refractivity contribution in [2.75, 3.05) is 6.54 Å². The number of halogens is 1. The number of nitrogens with zero attached hydrogens (tertiary/aromatic N) is 1. The second-order valence-corrected chi connectivity index (χ2v) is 5.93. The van der Waals surface area contributed by atoms with Crippen LogP contribution in [-0.4, -0.2) is 19.9 Å². The van der Waals surface area contributed by atoms with Crippen LogP contribution >= 0.6 is 11.6 Å². The summed E-state index contributed by atoms with van der Waals surface area (Å²) in [6, 6.07) is 2.77. The van der Waals surface area contributed by atoms with Crippen molar-refractivity contribution >= 4 is 21.6 Å². The van der Waals surface area contributed by atoms with E-state index in [2.05, 4.69) is 16.6 Å². The molecule has 0 fully saturated rings. The molecule has 0 aromatic carbocycles. The molecule has 0 aliphatic rings. The summed E-state index contributed by atoms with van der Waals surface area (Å²) in [5.41, 5.74) is 0. The molecule has 1 aromatic rings. The van der Waals surface area contributed by atoms with E-state index in [1.807, 2.05) is 0 Å². The molecule has 0 bridgehead atoms. The Kier molecular flexibility index (Phi) is 5.88. The van der Waals surface area contributed by atoms with Gasteiger partial charge in [0.1, 0.15) is 5.15 Å². The molecular weight excluding hydrogens is 260 g/mol. The minimum absolute atomic E-state index is 0.160. The van der Waals surface area contributed by atoms with E-state index in [1.165, 1.54) is 18.3 Å². The largest absolute Gasteiger partial charge is 0.244 e. The number of hydrogen-bond donors (Lipinski definition) is 1. The monoisotopic (exact) mass is 276 g/mol. The summed E-state index contributed by atoms with van der Waals surface area (Å²) >= 11 is 5.65. The van der Waals surface area contributed by atoms with Crippen LogP contribution in [0.2, 0.25) is 5.15 Å². The van der Waals surface area contributed by atoms with E-state index in [9.17, 15) is 8.42 Å². The van der Waals surface area contributed by atoms with Gasteiger partial charge in [-0.1, -0.05) is 37.8 Å². The van der Waals surface area contributed by atoms with Crippen molar-refractivity contribution in [2.24, 2.45) is 0 Å². The number of aromatic nitrogens is 1. The molecule has 0 saturated heterocycles. The van der Waals surface area contributed by atoms with Gasteiger partial charge in [0.2, 0.25) is 10.0 Å². The van der Waals surface area contributed by atoms with Crippen LogP contribution in [0.1, 0.15) is 32.6 Å². The van der Waals surface area contributed by atoms with Gasteiger partial charge in [-0.25, -0.2) is 18.1 Å². The second-order valence-electron chi connectivity index (χ2n) is 3.77. The maximum atomic E-state index is 11.8. The molecule has 4 nitrogen and oxygen atoms in total. The third kappa shape index (κ3) is 5.02. The number of sulfonamides is 1. The zero-order chi connectivity index (χ0) is 12.7. The Labute approximate surface area is 107 Å². The minimum atomic E-state index is -3.44. The summed E-state index contributed by atoms with van der Waals surface area (Å²) in [5, 5.41) is 0.179. The fourth-order valence-electron chi connectivity index (χ4n) is 1.39. The van der Waals surface area contributed by atoms with E-state index in [4.69, 9.17) is 11.6 Å². The van der Waals surface area contributed by atoms with Crippen LogP contribution in [0.5, 0.6) is 0 Å². The lowest BCUT2D eigenvalue weighted by molar-refractivity contribution is 0.573. The van der Waals surface area contributed by atoms with Gasteiger partial charge in [0.25, 0.3) is 0 Å². The van der Waals surface area contributed by atoms with Crippen molar-refractivity contribution in [3.05, 3.63) is 23.5 Å². The second kappa shape index (κ2) is 6.93. The molecule has 1 N–H and O–H groups in total. The van der Waals surface area contributed by atoms with E-state index < -0.39 is 10.0 Å². The summed E-state index contributed by atoms with van der Waals surface area (Å²) in [6.45, 7) is 2.57. The van der Waals surface area contributed by atoms with Gasteiger partial charge in [0, 0.05) is 12.7 Å². The number of nitrogens with one attached hydrogen (secondary N) is 1. The summed E-state index contributed by atoms with van der Waals surface area (Å²) in [5.74, 6) is 0. The molecule has 0 atom stereocenters. The molecule has 0 aliphatic heterocycles. The van der Waals surface area contributed by atoms with E-state index in [-0.39, 0.29) is 10.0 Å². The lowest BCUT2D eigenvalue weighted by Gasteiger charge is -2.06. The third-order valence-corrected chi connectivity index (χ3v) is 4.00. The SMILES string of the molecule is CCCCCCNS(=O)(=O)c1ccnc(Cl)c1. The van der Waals surface area contributed by atoms with Gasteiger partial charge in [0.15, 0.2) is 0 Å². The highest BCUT2D eigenvalue weighted by Gasteiger charge is 2.13. The van der Waals surface area contributed by atoms with Gasteiger partial charge in [-0.2, -0.15) is 0 Å². The summed E-state index contributed by atoms with van der Waals surface area (Å²) in [6.07, 6.45) is 5.53. The maximum absolute atomic E-state index is 11.8. The fraction of sp³-hybridized carbons (Fsp3) is 0.545. The first kappa shape index (κ1) is 14.4. The Morgan fingerprint density at radius 3 is 2.76 bits per heavy atom. The van der Waals surface area contributed by atoms with E-state index >= 15 is 0 Å². The van der Waals surface area contributed by atoms with Gasteiger partial charge < -0.3 is 0 Å². The van der Waals surface area contributed by atoms with E-state index in [1.54, 1.807) is 0 Å². The molecule has 0 amide bonds. The Hall–Kier alpha value is -0.650. The zero-order valence-corrected chi connectivity index (χ0v) is 11.4. The smallest absolute Gasteiger partial charge is 0.240 e. The third-order valence-electron chi connectivity index (χ3n) is 2.33. The van der Waals surface area contributed by atoms with Crippen LogP contribution in [-0.2, 0) is 10.0 Å². The van der Waals surface area contributed by atoms with Crippen LogP contribution < -0.4 is 4.72 Å². The van der Waals surface area contributed by atoms with Crippen molar-refractivity contribution in [3.63, 3.8) is 0 Å². The number of pyridine rings is 1. The summed E-state index contributed by atoms with van der Waals surface area (Å²) in [4.78, 5) is 3.91. The highest BCUT2D eigenvalue weighted by molar-refractivity contribution is 7.89. The standard InChI is InChI=1S/C11H17ClN2O2S/c1-2-3-4-5-7-14-17(15,16)10-6-8-13-11(12)9-10/h6,8-9,14H,2-5,7H2,1H3. The van der Waals surface area contributed by atoms with Gasteiger partial charge >= 0.3 is 0 Å². The zero-order valence-electron chi connectivity index (χ0n) is 9.82. The first-order valence-corrected chi connectivity index (χ1v) is 7.53. The molecule has 0 radical (unpaired) electrons. The van der Waals surface area contributed by atoms with E-state index in [0.717, 1.165) is 25.7 Å². The van der Waals surface area contributed by atoms with Crippen LogP contribution in [0.3, 0.4) is 0 Å². The Morgan fingerprint density at radius 2 is 2.12 bits per heavy atom. The lowest BCUT2D eigenvalue weighted by Crippen LogP contribution is -2.24. The molecule has 6 heteroatoms. The van der Waals surface area contributed by atoms with Gasteiger partial charge in [-0.15, -0.1) is 0 Å². The molecule has 1 rings (SSSR count). The highest BCUT2D eigenvalue weighted by atomic mass is 35.5. The first-order chi connectivity index (χ1) is 8.06. The molecule has 96 valence electrons. The summed E-state index contributed by atoms with van der Waals surface area (Å²) < 4.78 is 26.2. The van der Waals surface area contributed by atoms with Gasteiger partial charge in [-0.05, 0) is 18.6 Å². The maximum Gasteiger partial charge on any atom is 0.240 e. The van der Waals surface area contributed by atoms with Crippen molar-refractivity contribution in [1.29, 1.82) is 0 Å². The Bertz CT molecular complexity index is 449. The molecule has 0 saturated carbocycles. The predicted molar refractivity (Wildman–Crippen MR) is 68.6 cm³/mol. The Balaban J connectivity index is 2.51. The Morgan fingerprint density at radius 1 is 1.35 bits per heavy atom. The minimum Gasteiger partial charge on any atom is -0.244 e. The van der Waals surface area contributed by atoms with Gasteiger partial charge in [0.05, 0.1) is 4.90 Å². The first-order valence-electron chi connectivity index (χ1n) is 5.67. The molecule has 17 heavy (non-hydrogen) atoms. The number of hydrogen-bond acceptors (Lipinski definition) is 3. The highest BCUT2D eigenvalue weighted by Crippen LogP contribution is 2.12. The molecule has 1 heterocycles. The number of unbranched alkanes of at least 4 members (excludes halogenated alkanes) is 3. The predicted octanol–water partition coefficient (Wildman–Crippen LogP) is 2.59. The van der Waals surface area contributed by atoms with E-state index in [0.29, 0.717) is 6.54 Å². The van der Waals surface area contributed by atoms with Crippen LogP contribution in [0, 0.1) is 0 Å². The quantitative estimate of drug-likeness (QED) is 0.615. The molecule has 1 aromatic heterocycles. The topological polar surface area (TPSA) is 59.1 Å². The average Bonchev–Trinajstić information content (AvgIpc) is 2.29. The number of rotatable bonds is 7. The van der Waals surface area contributed by atoms with Crippen molar-refractivity contribution in [2.45, 2.75) is 37.5 Å².